The Morgan fingerprint density at radius 1 is 0.920 bits per heavy atom. The predicted molar refractivity (Wildman–Crippen MR) is 97.7 cm³/mol. The predicted octanol–water partition coefficient (Wildman–Crippen LogP) is 3.21. The Hall–Kier alpha value is -1.06. The molecule has 4 rings (SSSR count). The smallest absolute Gasteiger partial charge is 0.226 e. The van der Waals surface area contributed by atoms with Gasteiger partial charge in [0.2, 0.25) is 11.8 Å². The van der Waals surface area contributed by atoms with E-state index in [1.807, 2.05) is 11.9 Å². The van der Waals surface area contributed by atoms with Gasteiger partial charge in [0, 0.05) is 25.4 Å². The number of carbonyl (C=O) groups excluding carboxylic acids is 2. The minimum Gasteiger partial charge on any atom is -0.354 e. The summed E-state index contributed by atoms with van der Waals surface area (Å²) in [5, 5.41) is 3.18. The highest BCUT2D eigenvalue weighted by Gasteiger charge is 2.46. The van der Waals surface area contributed by atoms with Crippen LogP contribution in [0.2, 0.25) is 0 Å². The van der Waals surface area contributed by atoms with Gasteiger partial charge in [0.25, 0.3) is 0 Å². The van der Waals surface area contributed by atoms with Crippen molar-refractivity contribution >= 4 is 11.8 Å². The molecule has 4 nitrogen and oxygen atoms in total. The molecule has 140 valence electrons. The van der Waals surface area contributed by atoms with E-state index in [1.54, 1.807) is 0 Å². The molecule has 0 radical (unpaired) electrons. The van der Waals surface area contributed by atoms with E-state index >= 15 is 0 Å². The molecule has 0 aliphatic heterocycles. The Morgan fingerprint density at radius 2 is 1.48 bits per heavy atom. The quantitative estimate of drug-likeness (QED) is 0.831. The number of fused-ring (bicyclic) bond motifs is 4. The Kier molecular flexibility index (Phi) is 4.36. The third-order valence-corrected chi connectivity index (χ3v) is 8.06. The molecule has 4 aliphatic carbocycles. The first kappa shape index (κ1) is 17.4. The molecule has 0 aromatic heterocycles. The van der Waals surface area contributed by atoms with E-state index in [9.17, 15) is 9.59 Å². The van der Waals surface area contributed by atoms with Gasteiger partial charge in [-0.15, -0.1) is 0 Å². The van der Waals surface area contributed by atoms with Crippen LogP contribution >= 0.6 is 0 Å². The Morgan fingerprint density at radius 3 is 1.96 bits per heavy atom. The minimum absolute atomic E-state index is 0.223. The number of carbonyl (C=O) groups is 2. The second-order valence-corrected chi connectivity index (χ2v) is 9.99. The third kappa shape index (κ3) is 3.10. The van der Waals surface area contributed by atoms with Crippen LogP contribution in [0.4, 0.5) is 0 Å². The van der Waals surface area contributed by atoms with E-state index in [2.05, 4.69) is 19.2 Å². The molecule has 4 saturated carbocycles. The maximum Gasteiger partial charge on any atom is 0.226 e. The highest BCUT2D eigenvalue weighted by molar-refractivity contribution is 5.81. The van der Waals surface area contributed by atoms with Gasteiger partial charge < -0.3 is 10.2 Å². The van der Waals surface area contributed by atoms with Gasteiger partial charge in [0.05, 0.1) is 5.54 Å². The maximum absolute atomic E-state index is 13.0. The normalized spacial score (nSPS) is 39.0. The van der Waals surface area contributed by atoms with Crippen molar-refractivity contribution in [2.45, 2.75) is 70.8 Å². The van der Waals surface area contributed by atoms with Crippen LogP contribution in [0.3, 0.4) is 0 Å². The molecule has 0 unspecified atom stereocenters. The van der Waals surface area contributed by atoms with Gasteiger partial charge in [-0.2, -0.15) is 0 Å². The van der Waals surface area contributed by atoms with Crippen molar-refractivity contribution in [1.29, 1.82) is 0 Å². The summed E-state index contributed by atoms with van der Waals surface area (Å²) in [5.74, 6) is 3.77. The fraction of sp³-hybridized carbons (Fsp3) is 0.905. The number of hydrogen-bond donors (Lipinski definition) is 1. The summed E-state index contributed by atoms with van der Waals surface area (Å²) in [5.41, 5.74) is -0.327. The van der Waals surface area contributed by atoms with Gasteiger partial charge in [-0.3, -0.25) is 9.59 Å². The molecule has 25 heavy (non-hydrogen) atoms. The lowest BCUT2D eigenvalue weighted by molar-refractivity contribution is -0.141. The minimum atomic E-state index is -0.327. The highest BCUT2D eigenvalue weighted by Crippen LogP contribution is 2.49. The molecular formula is C21H34N2O2. The summed E-state index contributed by atoms with van der Waals surface area (Å²) in [6.07, 6.45) is 9.78. The van der Waals surface area contributed by atoms with Gasteiger partial charge in [-0.25, -0.2) is 0 Å². The first-order valence-corrected chi connectivity index (χ1v) is 10.4. The van der Waals surface area contributed by atoms with Crippen molar-refractivity contribution in [3.05, 3.63) is 0 Å². The monoisotopic (exact) mass is 346 g/mol. The van der Waals surface area contributed by atoms with Crippen LogP contribution < -0.4 is 5.32 Å². The molecule has 0 spiro atoms. The first-order valence-electron chi connectivity index (χ1n) is 10.4. The molecule has 4 heteroatoms. The number of amides is 2. The zero-order valence-corrected chi connectivity index (χ0v) is 16.1. The standard InChI is InChI=1S/C21H34N2O2/c1-21(2,12-22-19(24)17-10-13-4-6-15(17)8-13)23(3)20(25)18-11-14-5-7-16(18)9-14/h13-18H,4-12H2,1-3H3,(H,22,24)/t13-,14-,15-,16-,17-,18-/m0/s1. The lowest BCUT2D eigenvalue weighted by Crippen LogP contribution is -2.55. The van der Waals surface area contributed by atoms with Crippen LogP contribution in [0.25, 0.3) is 0 Å². The largest absolute Gasteiger partial charge is 0.354 e. The summed E-state index contributed by atoms with van der Waals surface area (Å²) in [6, 6.07) is 0. The van der Waals surface area contributed by atoms with Crippen molar-refractivity contribution in [3.8, 4) is 0 Å². The van der Waals surface area contributed by atoms with E-state index in [4.69, 9.17) is 0 Å². The van der Waals surface area contributed by atoms with Crippen LogP contribution in [-0.2, 0) is 9.59 Å². The van der Waals surface area contributed by atoms with Crippen molar-refractivity contribution in [2.24, 2.45) is 35.5 Å². The second kappa shape index (κ2) is 6.28. The molecule has 0 heterocycles. The lowest BCUT2D eigenvalue weighted by Gasteiger charge is -2.39. The molecule has 4 bridgehead atoms. The molecule has 4 fully saturated rings. The van der Waals surface area contributed by atoms with E-state index < -0.39 is 0 Å². The van der Waals surface area contributed by atoms with Crippen molar-refractivity contribution in [2.75, 3.05) is 13.6 Å². The zero-order valence-electron chi connectivity index (χ0n) is 16.1. The lowest BCUT2D eigenvalue weighted by atomic mass is 9.86. The van der Waals surface area contributed by atoms with Gasteiger partial charge in [-0.05, 0) is 76.0 Å². The van der Waals surface area contributed by atoms with Gasteiger partial charge in [0.1, 0.15) is 0 Å². The Labute approximate surface area is 152 Å². The van der Waals surface area contributed by atoms with E-state index in [0.29, 0.717) is 24.3 Å². The van der Waals surface area contributed by atoms with Gasteiger partial charge >= 0.3 is 0 Å². The van der Waals surface area contributed by atoms with Crippen LogP contribution in [0.5, 0.6) is 0 Å². The topological polar surface area (TPSA) is 49.4 Å². The summed E-state index contributed by atoms with van der Waals surface area (Å²) in [7, 11) is 1.93. The molecule has 6 atom stereocenters. The second-order valence-electron chi connectivity index (χ2n) is 9.99. The van der Waals surface area contributed by atoms with E-state index in [1.165, 1.54) is 38.5 Å². The van der Waals surface area contributed by atoms with Crippen LogP contribution in [0, 0.1) is 35.5 Å². The highest BCUT2D eigenvalue weighted by atomic mass is 16.2. The maximum atomic E-state index is 13.0. The summed E-state index contributed by atoms with van der Waals surface area (Å²) in [6.45, 7) is 4.72. The van der Waals surface area contributed by atoms with E-state index in [0.717, 1.165) is 24.7 Å². The molecule has 0 aromatic carbocycles. The molecule has 1 N–H and O–H groups in total. The van der Waals surface area contributed by atoms with Crippen molar-refractivity contribution in [1.82, 2.24) is 10.2 Å². The fourth-order valence-electron chi connectivity index (χ4n) is 6.21. The average Bonchev–Trinajstić information content (AvgIpc) is 3.38. The third-order valence-electron chi connectivity index (χ3n) is 8.06. The molecule has 4 aliphatic rings. The zero-order chi connectivity index (χ0) is 17.8. The van der Waals surface area contributed by atoms with Crippen LogP contribution in [-0.4, -0.2) is 35.8 Å². The Balaban J connectivity index is 1.31. The average molecular weight is 347 g/mol. The summed E-state index contributed by atoms with van der Waals surface area (Å²) >= 11 is 0. The van der Waals surface area contributed by atoms with Crippen molar-refractivity contribution in [3.63, 3.8) is 0 Å². The molecule has 2 amide bonds. The molecule has 0 saturated heterocycles. The number of rotatable bonds is 5. The number of nitrogens with one attached hydrogen (secondary N) is 1. The van der Waals surface area contributed by atoms with Crippen LogP contribution in [0.1, 0.15) is 65.2 Å². The molecular weight excluding hydrogens is 312 g/mol. The number of nitrogens with zero attached hydrogens (tertiary/aromatic N) is 1. The van der Waals surface area contributed by atoms with Gasteiger partial charge in [-0.1, -0.05) is 12.8 Å². The van der Waals surface area contributed by atoms with E-state index in [-0.39, 0.29) is 23.3 Å². The fourth-order valence-corrected chi connectivity index (χ4v) is 6.21. The van der Waals surface area contributed by atoms with Crippen LogP contribution in [0.15, 0.2) is 0 Å². The number of hydrogen-bond acceptors (Lipinski definition) is 2. The Bertz CT molecular complexity index is 558. The summed E-state index contributed by atoms with van der Waals surface area (Å²) < 4.78 is 0. The SMILES string of the molecule is CN(C(=O)[C@H]1C[C@H]2CC[C@H]1C2)C(C)(C)CNC(=O)[C@H]1C[C@H]2CC[C@H]1C2. The first-order chi connectivity index (χ1) is 11.8. The number of likely N-dealkylation sites (N-methyl/N-ethyl adjacent to an activating group) is 1. The summed E-state index contributed by atoms with van der Waals surface area (Å²) in [4.78, 5) is 27.5. The molecule has 0 aromatic rings. The van der Waals surface area contributed by atoms with Gasteiger partial charge in [0.15, 0.2) is 0 Å². The van der Waals surface area contributed by atoms with Crippen molar-refractivity contribution < 1.29 is 9.59 Å².